The van der Waals surface area contributed by atoms with Crippen molar-refractivity contribution in [3.8, 4) is 0 Å². The minimum atomic E-state index is -0.608. The molecule has 170 valence electrons. The number of carbonyl (C=O) groups excluding carboxylic acids is 1. The van der Waals surface area contributed by atoms with Gasteiger partial charge in [-0.25, -0.2) is 5.06 Å². The number of hydrogen-bond acceptors (Lipinski definition) is 4. The van der Waals surface area contributed by atoms with Gasteiger partial charge in [0.05, 0.1) is 6.54 Å². The molecule has 5 nitrogen and oxygen atoms in total. The molecule has 31 heavy (non-hydrogen) atoms. The van der Waals surface area contributed by atoms with Crippen molar-refractivity contribution in [2.75, 3.05) is 19.0 Å². The van der Waals surface area contributed by atoms with E-state index in [1.165, 1.54) is 5.56 Å². The average Bonchev–Trinajstić information content (AvgIpc) is 2.72. The Morgan fingerprint density at radius 3 is 2.00 bits per heavy atom. The Kier molecular flexibility index (Phi) is 8.66. The van der Waals surface area contributed by atoms with E-state index in [1.807, 2.05) is 38.1 Å². The lowest BCUT2D eigenvalue weighted by molar-refractivity contribution is -0.178. The van der Waals surface area contributed by atoms with Crippen LogP contribution in [0.25, 0.3) is 0 Å². The van der Waals surface area contributed by atoms with Crippen LogP contribution in [0.2, 0.25) is 0 Å². The molecule has 0 saturated heterocycles. The number of methoxy groups -OCH3 is 1. The zero-order valence-electron chi connectivity index (χ0n) is 19.9. The monoisotopic (exact) mass is 426 g/mol. The van der Waals surface area contributed by atoms with Gasteiger partial charge in [-0.05, 0) is 53.6 Å². The van der Waals surface area contributed by atoms with Crippen LogP contribution in [0.15, 0.2) is 48.5 Å². The molecule has 2 N–H and O–H groups in total. The average molecular weight is 427 g/mol. The summed E-state index contributed by atoms with van der Waals surface area (Å²) in [6.07, 6.45) is 2.51. The second-order valence-electron chi connectivity index (χ2n) is 9.85. The van der Waals surface area contributed by atoms with E-state index in [1.54, 1.807) is 7.11 Å². The third-order valence-electron chi connectivity index (χ3n) is 5.54. The molecule has 0 spiro atoms. The molecule has 1 amide bonds. The SMILES string of the molecule is COCCCCC(C)(C)C(=O)N(O)Cc1ccc(Nc2ccc(C(C)(C)C)cc2)cc1. The van der Waals surface area contributed by atoms with Crippen molar-refractivity contribution in [1.29, 1.82) is 0 Å². The van der Waals surface area contributed by atoms with E-state index in [2.05, 4.69) is 50.4 Å². The van der Waals surface area contributed by atoms with Gasteiger partial charge in [-0.1, -0.05) is 65.3 Å². The third kappa shape index (κ3) is 7.67. The standard InChI is InChI=1S/C26H38N2O3/c1-25(2,3)21-11-15-23(16-12-21)27-22-13-9-20(10-14-22)19-28(30)24(29)26(4,5)17-7-8-18-31-6/h9-16,27,30H,7-8,17-19H2,1-6H3. The van der Waals surface area contributed by atoms with Crippen LogP contribution in [0.5, 0.6) is 0 Å². The smallest absolute Gasteiger partial charge is 0.251 e. The lowest BCUT2D eigenvalue weighted by Gasteiger charge is -2.28. The molecule has 0 heterocycles. The minimum Gasteiger partial charge on any atom is -0.385 e. The predicted molar refractivity (Wildman–Crippen MR) is 127 cm³/mol. The van der Waals surface area contributed by atoms with E-state index in [0.29, 0.717) is 13.0 Å². The Morgan fingerprint density at radius 1 is 0.935 bits per heavy atom. The van der Waals surface area contributed by atoms with Crippen LogP contribution in [0.1, 0.15) is 65.0 Å². The van der Waals surface area contributed by atoms with E-state index < -0.39 is 5.41 Å². The summed E-state index contributed by atoms with van der Waals surface area (Å²) in [6.45, 7) is 11.2. The molecule has 0 atom stereocenters. The maximum Gasteiger partial charge on any atom is 0.251 e. The van der Waals surface area contributed by atoms with Gasteiger partial charge in [-0.15, -0.1) is 0 Å². The number of ether oxygens (including phenoxy) is 1. The van der Waals surface area contributed by atoms with Crippen LogP contribution in [0.3, 0.4) is 0 Å². The van der Waals surface area contributed by atoms with Crippen molar-refractivity contribution in [3.63, 3.8) is 0 Å². The molecule has 2 aromatic rings. The molecule has 0 saturated carbocycles. The number of hydroxylamine groups is 2. The number of hydrogen-bond donors (Lipinski definition) is 2. The van der Waals surface area contributed by atoms with Gasteiger partial charge in [0.15, 0.2) is 0 Å². The van der Waals surface area contributed by atoms with Gasteiger partial charge >= 0.3 is 0 Å². The molecule has 0 aliphatic carbocycles. The lowest BCUT2D eigenvalue weighted by Crippen LogP contribution is -2.38. The van der Waals surface area contributed by atoms with Crippen LogP contribution in [-0.2, 0) is 21.5 Å². The molecule has 2 rings (SSSR count). The Balaban J connectivity index is 1.92. The molecule has 0 aromatic heterocycles. The Hall–Kier alpha value is -2.37. The Bertz CT molecular complexity index is 821. The fourth-order valence-electron chi connectivity index (χ4n) is 3.43. The van der Waals surface area contributed by atoms with Crippen molar-refractivity contribution in [3.05, 3.63) is 59.7 Å². The fraction of sp³-hybridized carbons (Fsp3) is 0.500. The predicted octanol–water partition coefficient (Wildman–Crippen LogP) is 6.29. The van der Waals surface area contributed by atoms with E-state index >= 15 is 0 Å². The maximum atomic E-state index is 12.7. The molecular weight excluding hydrogens is 388 g/mol. The molecule has 0 aliphatic heterocycles. The van der Waals surface area contributed by atoms with Gasteiger partial charge in [0.1, 0.15) is 0 Å². The summed E-state index contributed by atoms with van der Waals surface area (Å²) in [5.41, 5.74) is 3.68. The first kappa shape index (κ1) is 24.9. The summed E-state index contributed by atoms with van der Waals surface area (Å²) in [7, 11) is 1.68. The van der Waals surface area contributed by atoms with Crippen molar-refractivity contribution in [2.24, 2.45) is 5.41 Å². The highest BCUT2D eigenvalue weighted by molar-refractivity contribution is 5.80. The van der Waals surface area contributed by atoms with Gasteiger partial charge in [-0.2, -0.15) is 0 Å². The molecule has 0 bridgehead atoms. The zero-order chi connectivity index (χ0) is 23.1. The Morgan fingerprint density at radius 2 is 1.48 bits per heavy atom. The number of nitrogens with one attached hydrogen (secondary N) is 1. The van der Waals surface area contributed by atoms with Gasteiger partial charge in [0.25, 0.3) is 5.91 Å². The number of rotatable bonds is 10. The topological polar surface area (TPSA) is 61.8 Å². The summed E-state index contributed by atoms with van der Waals surface area (Å²) in [4.78, 5) is 12.7. The molecular formula is C26H38N2O3. The summed E-state index contributed by atoms with van der Waals surface area (Å²) < 4.78 is 5.06. The molecule has 0 fully saturated rings. The molecule has 0 aliphatic rings. The largest absolute Gasteiger partial charge is 0.385 e. The summed E-state index contributed by atoms with van der Waals surface area (Å²) in [6, 6.07) is 16.2. The van der Waals surface area contributed by atoms with E-state index in [0.717, 1.165) is 34.8 Å². The number of anilines is 2. The van der Waals surface area contributed by atoms with Gasteiger partial charge in [-0.3, -0.25) is 10.0 Å². The second-order valence-corrected chi connectivity index (χ2v) is 9.85. The molecule has 5 heteroatoms. The fourth-order valence-corrected chi connectivity index (χ4v) is 3.43. The van der Waals surface area contributed by atoms with E-state index in [9.17, 15) is 10.0 Å². The summed E-state index contributed by atoms with van der Waals surface area (Å²) >= 11 is 0. The van der Waals surface area contributed by atoms with Gasteiger partial charge in [0.2, 0.25) is 0 Å². The Labute approximate surface area is 187 Å². The van der Waals surface area contributed by atoms with Gasteiger partial charge in [0, 0.05) is 30.5 Å². The van der Waals surface area contributed by atoms with E-state index in [-0.39, 0.29) is 17.9 Å². The van der Waals surface area contributed by atoms with Crippen molar-refractivity contribution in [2.45, 2.75) is 65.8 Å². The summed E-state index contributed by atoms with van der Waals surface area (Å²) in [5.74, 6) is -0.258. The number of nitrogens with zero attached hydrogens (tertiary/aromatic N) is 1. The van der Waals surface area contributed by atoms with Crippen LogP contribution in [0.4, 0.5) is 11.4 Å². The quantitative estimate of drug-likeness (QED) is 0.266. The van der Waals surface area contributed by atoms with Gasteiger partial charge < -0.3 is 10.1 Å². The van der Waals surface area contributed by atoms with E-state index in [4.69, 9.17) is 4.74 Å². The maximum absolute atomic E-state index is 12.7. The third-order valence-corrected chi connectivity index (χ3v) is 5.54. The first-order chi connectivity index (χ1) is 14.5. The first-order valence-corrected chi connectivity index (χ1v) is 11.0. The van der Waals surface area contributed by atoms with Crippen LogP contribution in [-0.4, -0.2) is 29.9 Å². The normalized spacial score (nSPS) is 12.0. The number of benzene rings is 2. The second kappa shape index (κ2) is 10.8. The lowest BCUT2D eigenvalue weighted by atomic mass is 9.86. The molecule has 2 aromatic carbocycles. The highest BCUT2D eigenvalue weighted by Gasteiger charge is 2.31. The van der Waals surface area contributed by atoms with Crippen molar-refractivity contribution in [1.82, 2.24) is 5.06 Å². The number of amides is 1. The van der Waals surface area contributed by atoms with Crippen molar-refractivity contribution >= 4 is 17.3 Å². The van der Waals surface area contributed by atoms with Crippen molar-refractivity contribution < 1.29 is 14.7 Å². The highest BCUT2D eigenvalue weighted by atomic mass is 16.5. The molecule has 0 radical (unpaired) electrons. The zero-order valence-corrected chi connectivity index (χ0v) is 19.9. The number of carbonyl (C=O) groups is 1. The van der Waals surface area contributed by atoms with Crippen LogP contribution in [0, 0.1) is 5.41 Å². The summed E-state index contributed by atoms with van der Waals surface area (Å²) in [5, 5.41) is 14.6. The first-order valence-electron chi connectivity index (χ1n) is 11.0. The number of unbranched alkanes of at least 4 members (excludes halogenated alkanes) is 1. The minimum absolute atomic E-state index is 0.131. The highest BCUT2D eigenvalue weighted by Crippen LogP contribution is 2.27. The molecule has 0 unspecified atom stereocenters. The van der Waals surface area contributed by atoms with Crippen LogP contribution >= 0.6 is 0 Å². The van der Waals surface area contributed by atoms with Crippen LogP contribution < -0.4 is 5.32 Å².